The molecule has 182 valence electrons. The van der Waals surface area contributed by atoms with Crippen LogP contribution in [0.1, 0.15) is 51.2 Å². The number of ether oxygens (including phenoxy) is 1. The van der Waals surface area contributed by atoms with E-state index in [1.165, 1.54) is 0 Å². The fraction of sp³-hybridized carbons (Fsp3) is 0.444. The Hall–Kier alpha value is -3.35. The highest BCUT2D eigenvalue weighted by atomic mass is 16.5. The molecule has 2 N–H and O–H groups in total. The van der Waals surface area contributed by atoms with E-state index in [4.69, 9.17) is 9.84 Å². The summed E-state index contributed by atoms with van der Waals surface area (Å²) in [6, 6.07) is 15.8. The van der Waals surface area contributed by atoms with Gasteiger partial charge in [-0.25, -0.2) is 4.79 Å². The Morgan fingerprint density at radius 3 is 2.06 bits per heavy atom. The third-order valence-corrected chi connectivity index (χ3v) is 6.56. The average molecular weight is 467 g/mol. The van der Waals surface area contributed by atoms with Crippen molar-refractivity contribution in [3.05, 3.63) is 59.7 Å². The number of rotatable bonds is 10. The van der Waals surface area contributed by atoms with Gasteiger partial charge in [-0.05, 0) is 42.0 Å². The zero-order valence-corrected chi connectivity index (χ0v) is 20.3. The van der Waals surface area contributed by atoms with E-state index in [2.05, 4.69) is 29.6 Å². The fourth-order valence-corrected chi connectivity index (χ4v) is 4.71. The molecule has 0 radical (unpaired) electrons. The summed E-state index contributed by atoms with van der Waals surface area (Å²) in [5, 5.41) is 11.8. The minimum atomic E-state index is -0.948. The Bertz CT molecular complexity index is 990. The summed E-state index contributed by atoms with van der Waals surface area (Å²) in [6.07, 6.45) is -0.688. The highest BCUT2D eigenvalue weighted by Gasteiger charge is 2.31. The van der Waals surface area contributed by atoms with Crippen LogP contribution in [-0.4, -0.2) is 53.7 Å². The second-order valence-electron chi connectivity index (χ2n) is 9.13. The lowest BCUT2D eigenvalue weighted by Gasteiger charge is -2.32. The Morgan fingerprint density at radius 1 is 1.00 bits per heavy atom. The quantitative estimate of drug-likeness (QED) is 0.537. The molecule has 0 aromatic heterocycles. The Kier molecular flexibility index (Phi) is 8.31. The van der Waals surface area contributed by atoms with E-state index < -0.39 is 24.0 Å². The summed E-state index contributed by atoms with van der Waals surface area (Å²) in [4.78, 5) is 38.4. The minimum Gasteiger partial charge on any atom is -0.481 e. The van der Waals surface area contributed by atoms with Gasteiger partial charge in [0.25, 0.3) is 0 Å². The van der Waals surface area contributed by atoms with Crippen molar-refractivity contribution in [1.82, 2.24) is 10.2 Å². The number of fused-ring (bicyclic) bond motifs is 3. The zero-order chi connectivity index (χ0) is 24.8. The maximum atomic E-state index is 13.1. The van der Waals surface area contributed by atoms with Crippen molar-refractivity contribution >= 4 is 18.0 Å². The van der Waals surface area contributed by atoms with Crippen LogP contribution in [0.3, 0.4) is 0 Å². The van der Waals surface area contributed by atoms with Crippen molar-refractivity contribution in [3.8, 4) is 11.1 Å². The van der Waals surface area contributed by atoms with Gasteiger partial charge in [-0.1, -0.05) is 62.4 Å². The number of amides is 2. The zero-order valence-electron chi connectivity index (χ0n) is 20.3. The predicted octanol–water partition coefficient (Wildman–Crippen LogP) is 4.51. The average Bonchev–Trinajstić information content (AvgIpc) is 3.11. The number of nitrogens with one attached hydrogen (secondary N) is 1. The van der Waals surface area contributed by atoms with Gasteiger partial charge in [0.2, 0.25) is 5.91 Å². The van der Waals surface area contributed by atoms with Gasteiger partial charge in [0, 0.05) is 25.0 Å². The van der Waals surface area contributed by atoms with Crippen LogP contribution in [0.2, 0.25) is 0 Å². The number of carbonyl (C=O) groups is 3. The van der Waals surface area contributed by atoms with Crippen molar-refractivity contribution in [1.29, 1.82) is 0 Å². The maximum Gasteiger partial charge on any atom is 0.407 e. The molecule has 0 bridgehead atoms. The predicted molar refractivity (Wildman–Crippen MR) is 131 cm³/mol. The highest BCUT2D eigenvalue weighted by Crippen LogP contribution is 2.44. The van der Waals surface area contributed by atoms with Crippen LogP contribution < -0.4 is 5.32 Å². The molecule has 1 aliphatic carbocycles. The van der Waals surface area contributed by atoms with Crippen LogP contribution in [0.4, 0.5) is 4.79 Å². The normalized spacial score (nSPS) is 14.1. The molecule has 0 fully saturated rings. The molecule has 0 saturated carbocycles. The molecule has 2 aromatic carbocycles. The van der Waals surface area contributed by atoms with E-state index in [0.29, 0.717) is 6.54 Å². The molecule has 2 unspecified atom stereocenters. The van der Waals surface area contributed by atoms with Crippen molar-refractivity contribution in [3.63, 3.8) is 0 Å². The summed E-state index contributed by atoms with van der Waals surface area (Å²) >= 11 is 0. The first-order chi connectivity index (χ1) is 16.2. The molecule has 2 amide bonds. The number of nitrogens with zero attached hydrogens (tertiary/aromatic N) is 1. The van der Waals surface area contributed by atoms with E-state index in [1.54, 1.807) is 11.8 Å². The van der Waals surface area contributed by atoms with Gasteiger partial charge < -0.3 is 20.1 Å². The Labute approximate surface area is 201 Å². The van der Waals surface area contributed by atoms with E-state index in [-0.39, 0.29) is 37.3 Å². The number of carboxylic acid groups (broad SMARTS) is 1. The number of alkyl carbamates (subject to hydrolysis) is 1. The van der Waals surface area contributed by atoms with Crippen molar-refractivity contribution in [2.24, 2.45) is 11.8 Å². The minimum absolute atomic E-state index is 0.0341. The van der Waals surface area contributed by atoms with Gasteiger partial charge in [-0.3, -0.25) is 9.59 Å². The van der Waals surface area contributed by atoms with E-state index in [1.807, 2.05) is 45.0 Å². The van der Waals surface area contributed by atoms with E-state index in [0.717, 1.165) is 22.3 Å². The molecule has 0 heterocycles. The second kappa shape index (κ2) is 11.2. The van der Waals surface area contributed by atoms with Crippen molar-refractivity contribution in [2.45, 2.75) is 46.1 Å². The molecule has 0 spiro atoms. The van der Waals surface area contributed by atoms with Crippen LogP contribution in [0.5, 0.6) is 0 Å². The molecule has 34 heavy (non-hydrogen) atoms. The molecule has 7 nitrogen and oxygen atoms in total. The number of carbonyl (C=O) groups excluding carboxylic acids is 2. The Morgan fingerprint density at radius 2 is 1.56 bits per heavy atom. The number of hydrogen-bond acceptors (Lipinski definition) is 4. The van der Waals surface area contributed by atoms with Gasteiger partial charge >= 0.3 is 12.1 Å². The molecular weight excluding hydrogens is 432 g/mol. The fourth-order valence-electron chi connectivity index (χ4n) is 4.71. The lowest BCUT2D eigenvalue weighted by atomic mass is 9.93. The van der Waals surface area contributed by atoms with Gasteiger partial charge in [-0.15, -0.1) is 0 Å². The van der Waals surface area contributed by atoms with Crippen LogP contribution in [0.25, 0.3) is 11.1 Å². The largest absolute Gasteiger partial charge is 0.481 e. The SMILES string of the molecule is CCN(C(=O)C(CNC(=O)OCC1c2ccccc2-c2ccccc21)C(C)C)C(C)CC(=O)O. The summed E-state index contributed by atoms with van der Waals surface area (Å²) in [5.41, 5.74) is 4.59. The molecule has 2 aromatic rings. The standard InChI is InChI=1S/C27H34N2O5/c1-5-29(18(4)14-25(30)31)26(32)23(17(2)3)15-28-27(33)34-16-24-21-12-8-6-10-19(21)20-11-7-9-13-22(20)24/h6-13,17-18,23-24H,5,14-16H2,1-4H3,(H,28,33)(H,30,31). The Balaban J connectivity index is 1.61. The van der Waals surface area contributed by atoms with Gasteiger partial charge in [0.1, 0.15) is 6.61 Å². The molecule has 0 saturated heterocycles. The summed E-state index contributed by atoms with van der Waals surface area (Å²) in [5.74, 6) is -1.65. The van der Waals surface area contributed by atoms with Crippen LogP contribution >= 0.6 is 0 Å². The molecule has 1 aliphatic rings. The molecule has 3 rings (SSSR count). The number of hydrogen-bond donors (Lipinski definition) is 2. The summed E-state index contributed by atoms with van der Waals surface area (Å²) in [7, 11) is 0. The van der Waals surface area contributed by atoms with Gasteiger partial charge in [0.15, 0.2) is 0 Å². The second-order valence-corrected chi connectivity index (χ2v) is 9.13. The van der Waals surface area contributed by atoms with Crippen molar-refractivity contribution < 1.29 is 24.2 Å². The van der Waals surface area contributed by atoms with E-state index >= 15 is 0 Å². The lowest BCUT2D eigenvalue weighted by Crippen LogP contribution is -2.47. The summed E-state index contributed by atoms with van der Waals surface area (Å²) < 4.78 is 5.58. The first kappa shape index (κ1) is 25.3. The molecular formula is C27H34N2O5. The third-order valence-electron chi connectivity index (χ3n) is 6.56. The number of carboxylic acids is 1. The molecule has 0 aliphatic heterocycles. The topological polar surface area (TPSA) is 95.9 Å². The van der Waals surface area contributed by atoms with E-state index in [9.17, 15) is 14.4 Å². The highest BCUT2D eigenvalue weighted by molar-refractivity contribution is 5.81. The van der Waals surface area contributed by atoms with Crippen molar-refractivity contribution in [2.75, 3.05) is 19.7 Å². The van der Waals surface area contributed by atoms with Crippen LogP contribution in [0, 0.1) is 11.8 Å². The molecule has 7 heteroatoms. The first-order valence-corrected chi connectivity index (χ1v) is 11.9. The third kappa shape index (κ3) is 5.58. The monoisotopic (exact) mass is 466 g/mol. The van der Waals surface area contributed by atoms with Crippen LogP contribution in [-0.2, 0) is 14.3 Å². The lowest BCUT2D eigenvalue weighted by molar-refractivity contribution is -0.142. The van der Waals surface area contributed by atoms with Crippen LogP contribution in [0.15, 0.2) is 48.5 Å². The van der Waals surface area contributed by atoms with Gasteiger partial charge in [0.05, 0.1) is 12.3 Å². The molecule has 2 atom stereocenters. The smallest absolute Gasteiger partial charge is 0.407 e. The first-order valence-electron chi connectivity index (χ1n) is 11.9. The number of benzene rings is 2. The summed E-state index contributed by atoms with van der Waals surface area (Å²) in [6.45, 7) is 8.12. The number of aliphatic carboxylic acids is 1. The maximum absolute atomic E-state index is 13.1. The van der Waals surface area contributed by atoms with Gasteiger partial charge in [-0.2, -0.15) is 0 Å².